The third-order valence-corrected chi connectivity index (χ3v) is 9.44. The summed E-state index contributed by atoms with van der Waals surface area (Å²) in [5.74, 6) is 0.789. The second-order valence-corrected chi connectivity index (χ2v) is 11.2. The zero-order valence-electron chi connectivity index (χ0n) is 20.9. The van der Waals surface area contributed by atoms with Gasteiger partial charge in [0.05, 0.1) is 0 Å². The fourth-order valence-corrected chi connectivity index (χ4v) is 7.68. The number of ether oxygens (including phenoxy) is 1. The van der Waals surface area contributed by atoms with Gasteiger partial charge in [-0.25, -0.2) is 0 Å². The molecule has 4 aliphatic rings. The molecule has 182 valence electrons. The summed E-state index contributed by atoms with van der Waals surface area (Å²) in [6, 6.07) is 8.74. The molecule has 0 bridgehead atoms. The number of rotatable bonds is 5. The fourth-order valence-electron chi connectivity index (χ4n) is 7.68. The topological polar surface area (TPSA) is 66.8 Å². The van der Waals surface area contributed by atoms with E-state index in [1.165, 1.54) is 29.4 Å². The van der Waals surface area contributed by atoms with Crippen molar-refractivity contribution in [3.05, 3.63) is 52.6 Å². The molecule has 1 aromatic carbocycles. The van der Waals surface area contributed by atoms with Crippen LogP contribution < -0.4 is 4.90 Å². The Morgan fingerprint density at radius 1 is 1.15 bits per heavy atom. The van der Waals surface area contributed by atoms with Crippen molar-refractivity contribution < 1.29 is 19.4 Å². The Bertz CT molecular complexity index is 1070. The van der Waals surface area contributed by atoms with Gasteiger partial charge in [-0.3, -0.25) is 9.59 Å². The lowest BCUT2D eigenvalue weighted by atomic mass is 9.50. The Balaban J connectivity index is 1.65. The molecular formula is C29H37NO4. The Kier molecular flexibility index (Phi) is 5.84. The molecule has 0 aliphatic heterocycles. The van der Waals surface area contributed by atoms with Crippen LogP contribution in [0.25, 0.3) is 0 Å². The molecule has 0 radical (unpaired) electrons. The molecule has 2 saturated carbocycles. The number of ketones is 2. The van der Waals surface area contributed by atoms with Gasteiger partial charge in [-0.15, -0.1) is 0 Å². The van der Waals surface area contributed by atoms with E-state index >= 15 is 0 Å². The molecule has 0 aromatic heterocycles. The first kappa shape index (κ1) is 23.5. The number of aliphatic hydroxyl groups is 1. The fraction of sp³-hybridized carbons (Fsp3) is 0.586. The molecule has 1 aromatic rings. The summed E-state index contributed by atoms with van der Waals surface area (Å²) in [6.45, 7) is 2.10. The minimum Gasteiger partial charge on any atom is -0.381 e. The number of nitrogens with zero attached hydrogens (tertiary/aromatic N) is 1. The number of allylic oxidation sites excluding steroid dienone is 4. The molecule has 0 amide bonds. The van der Waals surface area contributed by atoms with Crippen LogP contribution in [0.15, 0.2) is 47.1 Å². The zero-order chi connectivity index (χ0) is 24.3. The monoisotopic (exact) mass is 463 g/mol. The van der Waals surface area contributed by atoms with Crippen LogP contribution >= 0.6 is 0 Å². The van der Waals surface area contributed by atoms with Gasteiger partial charge in [0.25, 0.3) is 0 Å². The van der Waals surface area contributed by atoms with Crippen LogP contribution in [0.2, 0.25) is 0 Å². The number of anilines is 1. The zero-order valence-corrected chi connectivity index (χ0v) is 20.9. The van der Waals surface area contributed by atoms with Crippen LogP contribution in [0.3, 0.4) is 0 Å². The van der Waals surface area contributed by atoms with Crippen LogP contribution in [0.4, 0.5) is 5.69 Å². The summed E-state index contributed by atoms with van der Waals surface area (Å²) in [5.41, 5.74) is 4.62. The Hall–Kier alpha value is -2.24. The van der Waals surface area contributed by atoms with Crippen molar-refractivity contribution in [2.75, 3.05) is 32.7 Å². The average molecular weight is 464 g/mol. The maximum atomic E-state index is 13.2. The molecule has 5 heteroatoms. The standard InChI is InChI=1S/C29H37NO4/c1-28-16-24(18-5-8-20(9-6-18)30(2)3)27-22-12-10-21(31)15-19(22)7-11-23(27)25(28)13-14-29(28,33)26(32)17-34-4/h5-6,8-9,15,23-25,33H,7,10-14,16-17H2,1-4H3/t23-,24+,25+,28-,29-/m0/s1. The molecule has 5 atom stereocenters. The number of carbonyl (C=O) groups is 2. The molecule has 0 unspecified atom stereocenters. The number of hydrogen-bond acceptors (Lipinski definition) is 5. The lowest BCUT2D eigenvalue weighted by molar-refractivity contribution is -0.158. The van der Waals surface area contributed by atoms with E-state index in [-0.39, 0.29) is 30.0 Å². The van der Waals surface area contributed by atoms with E-state index in [4.69, 9.17) is 4.74 Å². The Morgan fingerprint density at radius 3 is 2.56 bits per heavy atom. The number of carbonyl (C=O) groups excluding carboxylic acids is 2. The molecule has 0 saturated heterocycles. The lowest BCUT2D eigenvalue weighted by Crippen LogP contribution is -2.56. The molecular weight excluding hydrogens is 426 g/mol. The quantitative estimate of drug-likeness (QED) is 0.691. The van der Waals surface area contributed by atoms with E-state index in [2.05, 4.69) is 36.1 Å². The lowest BCUT2D eigenvalue weighted by Gasteiger charge is -2.54. The summed E-state index contributed by atoms with van der Waals surface area (Å²) in [7, 11) is 5.60. The molecule has 5 rings (SSSR count). The van der Waals surface area contributed by atoms with Crippen molar-refractivity contribution in [2.24, 2.45) is 17.3 Å². The van der Waals surface area contributed by atoms with Crippen molar-refractivity contribution >= 4 is 17.3 Å². The normalized spacial score (nSPS) is 34.8. The summed E-state index contributed by atoms with van der Waals surface area (Å²) in [5, 5.41) is 11.9. The van der Waals surface area contributed by atoms with Gasteiger partial charge in [-0.2, -0.15) is 0 Å². The van der Waals surface area contributed by atoms with Gasteiger partial charge >= 0.3 is 0 Å². The minimum atomic E-state index is -1.36. The van der Waals surface area contributed by atoms with E-state index in [0.717, 1.165) is 37.8 Å². The van der Waals surface area contributed by atoms with E-state index in [1.807, 2.05) is 20.2 Å². The molecule has 2 fully saturated rings. The van der Waals surface area contributed by atoms with Crippen LogP contribution in [-0.2, 0) is 14.3 Å². The van der Waals surface area contributed by atoms with E-state index in [0.29, 0.717) is 18.8 Å². The molecule has 4 aliphatic carbocycles. The number of Topliss-reactive ketones (excluding diaryl/α,β-unsaturated/α-hetero) is 1. The van der Waals surface area contributed by atoms with Gasteiger partial charge in [0.15, 0.2) is 11.6 Å². The molecule has 1 N–H and O–H groups in total. The number of methoxy groups -OCH3 is 1. The van der Waals surface area contributed by atoms with Crippen molar-refractivity contribution in [1.29, 1.82) is 0 Å². The first-order chi connectivity index (χ1) is 16.2. The number of fused-ring (bicyclic) bond motifs is 4. The van der Waals surface area contributed by atoms with Gasteiger partial charge in [0.1, 0.15) is 12.2 Å². The van der Waals surface area contributed by atoms with Gasteiger partial charge in [-0.05, 0) is 85.3 Å². The van der Waals surface area contributed by atoms with Crippen LogP contribution in [0.5, 0.6) is 0 Å². The van der Waals surface area contributed by atoms with Gasteiger partial charge in [0, 0.05) is 44.6 Å². The summed E-state index contributed by atoms with van der Waals surface area (Å²) < 4.78 is 5.18. The minimum absolute atomic E-state index is 0.0470. The largest absolute Gasteiger partial charge is 0.381 e. The predicted molar refractivity (Wildman–Crippen MR) is 133 cm³/mol. The molecule has 34 heavy (non-hydrogen) atoms. The SMILES string of the molecule is COCC(=O)[C@@]1(O)CC[C@@H]2[C@@H]3CCC4=CC(=O)CCC4=C3[C@@H](c3ccc(N(C)C)cc3)C[C@@]21C. The summed E-state index contributed by atoms with van der Waals surface area (Å²) >= 11 is 0. The van der Waals surface area contributed by atoms with Crippen molar-refractivity contribution in [2.45, 2.75) is 63.4 Å². The highest BCUT2D eigenvalue weighted by Gasteiger charge is 2.65. The third kappa shape index (κ3) is 3.43. The maximum Gasteiger partial charge on any atom is 0.190 e. The Morgan fingerprint density at radius 2 is 1.88 bits per heavy atom. The second-order valence-electron chi connectivity index (χ2n) is 11.2. The smallest absolute Gasteiger partial charge is 0.190 e. The summed E-state index contributed by atoms with van der Waals surface area (Å²) in [4.78, 5) is 27.5. The van der Waals surface area contributed by atoms with E-state index in [1.54, 1.807) is 0 Å². The van der Waals surface area contributed by atoms with Crippen LogP contribution in [-0.4, -0.2) is 50.1 Å². The summed E-state index contributed by atoms with van der Waals surface area (Å²) in [6.07, 6.45) is 7.28. The average Bonchev–Trinajstić information content (AvgIpc) is 3.10. The molecule has 5 nitrogen and oxygen atoms in total. The number of benzene rings is 1. The predicted octanol–water partition coefficient (Wildman–Crippen LogP) is 4.60. The van der Waals surface area contributed by atoms with Gasteiger partial charge in [-0.1, -0.05) is 24.6 Å². The molecule has 0 spiro atoms. The van der Waals surface area contributed by atoms with Gasteiger partial charge < -0.3 is 14.7 Å². The third-order valence-electron chi connectivity index (χ3n) is 9.44. The first-order valence-corrected chi connectivity index (χ1v) is 12.7. The second kappa shape index (κ2) is 8.46. The van der Waals surface area contributed by atoms with E-state index < -0.39 is 11.0 Å². The van der Waals surface area contributed by atoms with Crippen molar-refractivity contribution in [1.82, 2.24) is 0 Å². The number of hydrogen-bond donors (Lipinski definition) is 1. The first-order valence-electron chi connectivity index (χ1n) is 12.7. The van der Waals surface area contributed by atoms with Crippen molar-refractivity contribution in [3.63, 3.8) is 0 Å². The Labute approximate surface area is 202 Å². The van der Waals surface area contributed by atoms with Crippen LogP contribution in [0.1, 0.15) is 63.4 Å². The molecule has 0 heterocycles. The van der Waals surface area contributed by atoms with E-state index in [9.17, 15) is 14.7 Å². The van der Waals surface area contributed by atoms with Crippen molar-refractivity contribution in [3.8, 4) is 0 Å². The van der Waals surface area contributed by atoms with Gasteiger partial charge in [0.2, 0.25) is 0 Å². The highest BCUT2D eigenvalue weighted by molar-refractivity contribution is 5.93. The maximum absolute atomic E-state index is 13.2. The highest BCUT2D eigenvalue weighted by atomic mass is 16.5. The van der Waals surface area contributed by atoms with Crippen LogP contribution in [0, 0.1) is 17.3 Å². The highest BCUT2D eigenvalue weighted by Crippen LogP contribution is 2.66.